The average molecular weight is 183 g/mol. The first kappa shape index (κ1) is 8.82. The molecule has 0 N–H and O–H groups in total. The van der Waals surface area contributed by atoms with Gasteiger partial charge in [-0.3, -0.25) is 0 Å². The zero-order valence-electron chi connectivity index (χ0n) is 8.03. The van der Waals surface area contributed by atoms with Crippen LogP contribution in [-0.4, -0.2) is 7.11 Å². The van der Waals surface area contributed by atoms with Crippen molar-refractivity contribution in [2.45, 2.75) is 0 Å². The Hall–Kier alpha value is -1.76. The van der Waals surface area contributed by atoms with Crippen LogP contribution < -0.4 is 4.74 Å². The topological polar surface area (TPSA) is 9.23 Å². The van der Waals surface area contributed by atoms with Crippen LogP contribution in [0.2, 0.25) is 0 Å². The van der Waals surface area contributed by atoms with Crippen molar-refractivity contribution in [1.29, 1.82) is 0 Å². The standard InChI is InChI=1S/C13H11O/c1-14-13-9-5-8-12(10-13)11-6-3-2-4-7-11/h2-6,8-10H,1H3. The molecule has 0 spiro atoms. The van der Waals surface area contributed by atoms with Crippen LogP contribution in [0.4, 0.5) is 0 Å². The van der Waals surface area contributed by atoms with Gasteiger partial charge >= 0.3 is 0 Å². The summed E-state index contributed by atoms with van der Waals surface area (Å²) in [4.78, 5) is 0. The molecule has 14 heavy (non-hydrogen) atoms. The summed E-state index contributed by atoms with van der Waals surface area (Å²) < 4.78 is 5.16. The van der Waals surface area contributed by atoms with E-state index in [9.17, 15) is 0 Å². The van der Waals surface area contributed by atoms with E-state index >= 15 is 0 Å². The first-order valence-corrected chi connectivity index (χ1v) is 4.51. The van der Waals surface area contributed by atoms with Gasteiger partial charge in [-0.1, -0.05) is 36.4 Å². The summed E-state index contributed by atoms with van der Waals surface area (Å²) in [7, 11) is 1.67. The van der Waals surface area contributed by atoms with Gasteiger partial charge in [-0.05, 0) is 29.3 Å². The van der Waals surface area contributed by atoms with Gasteiger partial charge in [-0.2, -0.15) is 0 Å². The number of benzene rings is 2. The molecule has 0 heterocycles. The van der Waals surface area contributed by atoms with Crippen LogP contribution in [0.1, 0.15) is 0 Å². The highest BCUT2D eigenvalue weighted by molar-refractivity contribution is 5.64. The van der Waals surface area contributed by atoms with E-state index in [1.165, 1.54) is 0 Å². The van der Waals surface area contributed by atoms with Crippen LogP contribution in [0, 0.1) is 6.07 Å². The second-order valence-electron chi connectivity index (χ2n) is 3.01. The maximum absolute atomic E-state index is 5.16. The van der Waals surface area contributed by atoms with E-state index in [1.807, 2.05) is 48.5 Å². The lowest BCUT2D eigenvalue weighted by atomic mass is 10.1. The molecule has 0 saturated heterocycles. The number of ether oxygens (including phenoxy) is 1. The molecule has 1 nitrogen and oxygen atoms in total. The number of rotatable bonds is 2. The Balaban J connectivity index is 2.42. The predicted molar refractivity (Wildman–Crippen MR) is 57.3 cm³/mol. The highest BCUT2D eigenvalue weighted by Crippen LogP contribution is 2.22. The van der Waals surface area contributed by atoms with Crippen molar-refractivity contribution in [3.05, 3.63) is 54.6 Å². The minimum Gasteiger partial charge on any atom is -0.497 e. The van der Waals surface area contributed by atoms with E-state index in [0.717, 1.165) is 16.9 Å². The summed E-state index contributed by atoms with van der Waals surface area (Å²) in [5.41, 5.74) is 2.22. The number of hydrogen-bond donors (Lipinski definition) is 0. The van der Waals surface area contributed by atoms with Crippen LogP contribution in [0.3, 0.4) is 0 Å². The van der Waals surface area contributed by atoms with Gasteiger partial charge in [-0.15, -0.1) is 0 Å². The van der Waals surface area contributed by atoms with Crippen molar-refractivity contribution >= 4 is 0 Å². The molecule has 2 aromatic rings. The maximum atomic E-state index is 5.16. The molecule has 0 atom stereocenters. The van der Waals surface area contributed by atoms with Gasteiger partial charge in [-0.25, -0.2) is 0 Å². The van der Waals surface area contributed by atoms with Gasteiger partial charge in [0, 0.05) is 0 Å². The fourth-order valence-electron chi connectivity index (χ4n) is 1.36. The zero-order valence-corrected chi connectivity index (χ0v) is 8.03. The number of methoxy groups -OCH3 is 1. The normalized spacial score (nSPS) is 9.79. The van der Waals surface area contributed by atoms with Gasteiger partial charge in [0.25, 0.3) is 0 Å². The van der Waals surface area contributed by atoms with Crippen LogP contribution in [0.25, 0.3) is 11.1 Å². The Morgan fingerprint density at radius 2 is 2.00 bits per heavy atom. The molecule has 69 valence electrons. The Morgan fingerprint density at radius 3 is 2.71 bits per heavy atom. The Morgan fingerprint density at radius 1 is 1.07 bits per heavy atom. The van der Waals surface area contributed by atoms with Gasteiger partial charge in [0.15, 0.2) is 0 Å². The lowest BCUT2D eigenvalue weighted by molar-refractivity contribution is 0.415. The molecule has 1 radical (unpaired) electrons. The lowest BCUT2D eigenvalue weighted by Gasteiger charge is -2.03. The SMILES string of the molecule is COc1cccc(-c2[c]cccc2)c1. The van der Waals surface area contributed by atoms with Crippen LogP contribution >= 0.6 is 0 Å². The largest absolute Gasteiger partial charge is 0.497 e. The summed E-state index contributed by atoms with van der Waals surface area (Å²) in [6.07, 6.45) is 0. The third-order valence-electron chi connectivity index (χ3n) is 2.09. The number of hydrogen-bond acceptors (Lipinski definition) is 1. The second-order valence-corrected chi connectivity index (χ2v) is 3.01. The fourth-order valence-corrected chi connectivity index (χ4v) is 1.36. The van der Waals surface area contributed by atoms with Crippen molar-refractivity contribution in [3.8, 4) is 16.9 Å². The molecule has 0 saturated carbocycles. The van der Waals surface area contributed by atoms with Crippen molar-refractivity contribution in [2.24, 2.45) is 0 Å². The van der Waals surface area contributed by atoms with Gasteiger partial charge in [0.05, 0.1) is 7.11 Å². The van der Waals surface area contributed by atoms with Crippen LogP contribution in [0.5, 0.6) is 5.75 Å². The van der Waals surface area contributed by atoms with Crippen molar-refractivity contribution < 1.29 is 4.74 Å². The minimum atomic E-state index is 0.875. The summed E-state index contributed by atoms with van der Waals surface area (Å²) in [6.45, 7) is 0. The predicted octanol–water partition coefficient (Wildman–Crippen LogP) is 3.16. The summed E-state index contributed by atoms with van der Waals surface area (Å²) in [5, 5.41) is 0. The van der Waals surface area contributed by atoms with E-state index < -0.39 is 0 Å². The van der Waals surface area contributed by atoms with Crippen molar-refractivity contribution in [3.63, 3.8) is 0 Å². The van der Waals surface area contributed by atoms with E-state index in [1.54, 1.807) is 7.11 Å². The third kappa shape index (κ3) is 1.77. The third-order valence-corrected chi connectivity index (χ3v) is 2.09. The van der Waals surface area contributed by atoms with Gasteiger partial charge < -0.3 is 4.74 Å². The van der Waals surface area contributed by atoms with E-state index in [0.29, 0.717) is 0 Å². The summed E-state index contributed by atoms with van der Waals surface area (Å²) in [6, 6.07) is 19.1. The molecule has 0 amide bonds. The zero-order chi connectivity index (χ0) is 9.80. The van der Waals surface area contributed by atoms with Crippen LogP contribution in [-0.2, 0) is 0 Å². The maximum Gasteiger partial charge on any atom is 0.119 e. The molecule has 0 aliphatic rings. The van der Waals surface area contributed by atoms with Crippen molar-refractivity contribution in [2.75, 3.05) is 7.11 Å². The molecular formula is C13H11O. The van der Waals surface area contributed by atoms with E-state index in [2.05, 4.69) is 6.07 Å². The monoisotopic (exact) mass is 183 g/mol. The fraction of sp³-hybridized carbons (Fsp3) is 0.0769. The highest BCUT2D eigenvalue weighted by atomic mass is 16.5. The molecule has 2 aromatic carbocycles. The second kappa shape index (κ2) is 3.97. The molecule has 1 heteroatoms. The van der Waals surface area contributed by atoms with Gasteiger partial charge in [0.2, 0.25) is 0 Å². The molecule has 0 unspecified atom stereocenters. The Labute approximate surface area is 84.0 Å². The van der Waals surface area contributed by atoms with Crippen LogP contribution in [0.15, 0.2) is 48.5 Å². The Bertz CT molecular complexity index is 407. The Kier molecular flexibility index (Phi) is 2.50. The molecule has 0 aromatic heterocycles. The first-order chi connectivity index (χ1) is 6.90. The smallest absolute Gasteiger partial charge is 0.119 e. The molecule has 2 rings (SSSR count). The molecule has 0 fully saturated rings. The van der Waals surface area contributed by atoms with Crippen molar-refractivity contribution in [1.82, 2.24) is 0 Å². The first-order valence-electron chi connectivity index (χ1n) is 4.51. The van der Waals surface area contributed by atoms with Gasteiger partial charge in [0.1, 0.15) is 5.75 Å². The highest BCUT2D eigenvalue weighted by Gasteiger charge is 1.97. The molecule has 0 bridgehead atoms. The minimum absolute atomic E-state index is 0.875. The van der Waals surface area contributed by atoms with E-state index in [4.69, 9.17) is 4.74 Å². The molecule has 0 aliphatic carbocycles. The quantitative estimate of drug-likeness (QED) is 0.694. The molecular weight excluding hydrogens is 172 g/mol. The summed E-state index contributed by atoms with van der Waals surface area (Å²) >= 11 is 0. The lowest BCUT2D eigenvalue weighted by Crippen LogP contribution is -1.83. The molecule has 0 aliphatic heterocycles. The van der Waals surface area contributed by atoms with E-state index in [-0.39, 0.29) is 0 Å². The average Bonchev–Trinajstić information content (AvgIpc) is 2.30. The summed E-state index contributed by atoms with van der Waals surface area (Å²) in [5.74, 6) is 0.875.